The third-order valence-electron chi connectivity index (χ3n) is 5.45. The minimum absolute atomic E-state index is 0.0441. The monoisotopic (exact) mass is 460 g/mol. The van der Waals surface area contributed by atoms with E-state index >= 15 is 0 Å². The second-order valence-electron chi connectivity index (χ2n) is 7.89. The number of unbranched alkanes of at least 4 members (excludes halogenated alkanes) is 1. The molecule has 174 valence electrons. The van der Waals surface area contributed by atoms with Gasteiger partial charge in [0.2, 0.25) is 0 Å². The van der Waals surface area contributed by atoms with Crippen LogP contribution in [0.4, 0.5) is 0 Å². The summed E-state index contributed by atoms with van der Waals surface area (Å²) in [5.74, 6) is -1.16. The first-order chi connectivity index (χ1) is 16.4. The van der Waals surface area contributed by atoms with E-state index in [1.54, 1.807) is 24.3 Å². The summed E-state index contributed by atoms with van der Waals surface area (Å²) < 4.78 is 7.00. The number of esters is 1. The maximum Gasteiger partial charge on any atom is 0.336 e. The van der Waals surface area contributed by atoms with Crippen molar-refractivity contribution >= 4 is 23.0 Å². The zero-order chi connectivity index (χ0) is 24.2. The Bertz CT molecular complexity index is 1360. The first-order valence-corrected chi connectivity index (χ1v) is 10.9. The molecule has 4 rings (SSSR count). The molecule has 0 radical (unpaired) electrons. The molecule has 0 bridgehead atoms. The number of hydrogen-bond donors (Lipinski definition) is 2. The number of nitrogens with zero attached hydrogens (tertiary/aromatic N) is 4. The average Bonchev–Trinajstić information content (AvgIpc) is 3.19. The second-order valence-corrected chi connectivity index (χ2v) is 7.89. The minimum Gasteiger partial charge on any atom is -0.491 e. The van der Waals surface area contributed by atoms with E-state index in [1.807, 2.05) is 28.8 Å². The average molecular weight is 460 g/mol. The number of ether oxygens (including phenoxy) is 1. The molecule has 2 aromatic carbocycles. The Morgan fingerprint density at radius 3 is 2.47 bits per heavy atom. The molecule has 2 heterocycles. The zero-order valence-electron chi connectivity index (χ0n) is 18.9. The molecule has 0 spiro atoms. The SMILES string of the molecule is CCCCc1nc2c(OC(C)=O)nnc(O)c2n1Cc1ccc(-c2ccccc2C(=O)O)cc1. The van der Waals surface area contributed by atoms with Gasteiger partial charge in [0.1, 0.15) is 11.3 Å². The van der Waals surface area contributed by atoms with E-state index in [0.29, 0.717) is 24.0 Å². The number of hydrogen-bond acceptors (Lipinski definition) is 7. The van der Waals surface area contributed by atoms with Gasteiger partial charge >= 0.3 is 11.9 Å². The van der Waals surface area contributed by atoms with Crippen molar-refractivity contribution < 1.29 is 24.5 Å². The summed E-state index contributed by atoms with van der Waals surface area (Å²) in [6.45, 7) is 3.72. The highest BCUT2D eigenvalue weighted by atomic mass is 16.5. The highest BCUT2D eigenvalue weighted by Crippen LogP contribution is 2.31. The van der Waals surface area contributed by atoms with E-state index in [-0.39, 0.29) is 22.8 Å². The standard InChI is InChI=1S/C25H24N4O5/c1-3-4-9-20-26-21-22(23(31)27-28-24(21)34-15(2)30)29(20)14-16-10-12-17(13-11-16)18-7-5-6-8-19(18)25(32)33/h5-8,10-13H,3-4,9,14H2,1-2H3,(H,27,31)(H,32,33). The van der Waals surface area contributed by atoms with Crippen molar-refractivity contribution in [1.82, 2.24) is 19.7 Å². The van der Waals surface area contributed by atoms with Crippen molar-refractivity contribution in [2.45, 2.75) is 39.7 Å². The van der Waals surface area contributed by atoms with Gasteiger partial charge in [-0.3, -0.25) is 4.79 Å². The Labute approximate surface area is 195 Å². The van der Waals surface area contributed by atoms with Gasteiger partial charge in [-0.25, -0.2) is 9.78 Å². The van der Waals surface area contributed by atoms with Crippen molar-refractivity contribution in [3.8, 4) is 22.9 Å². The van der Waals surface area contributed by atoms with Crippen LogP contribution in [0, 0.1) is 0 Å². The zero-order valence-corrected chi connectivity index (χ0v) is 18.9. The van der Waals surface area contributed by atoms with Crippen LogP contribution in [0.1, 0.15) is 48.4 Å². The lowest BCUT2D eigenvalue weighted by Crippen LogP contribution is -2.07. The van der Waals surface area contributed by atoms with E-state index in [2.05, 4.69) is 22.1 Å². The van der Waals surface area contributed by atoms with Gasteiger partial charge in [-0.2, -0.15) is 0 Å². The Morgan fingerprint density at radius 2 is 1.79 bits per heavy atom. The Hall–Kier alpha value is -4.27. The number of aromatic hydroxyl groups is 1. The van der Waals surface area contributed by atoms with Gasteiger partial charge in [-0.05, 0) is 29.2 Å². The van der Waals surface area contributed by atoms with Crippen molar-refractivity contribution in [2.24, 2.45) is 0 Å². The summed E-state index contributed by atoms with van der Waals surface area (Å²) in [4.78, 5) is 27.7. The number of carbonyl (C=O) groups is 2. The maximum atomic E-state index is 11.6. The molecule has 0 fully saturated rings. The normalized spacial score (nSPS) is 11.0. The predicted octanol–water partition coefficient (Wildman–Crippen LogP) is 4.21. The fourth-order valence-corrected chi connectivity index (χ4v) is 3.86. The van der Waals surface area contributed by atoms with Crippen LogP contribution in [0.2, 0.25) is 0 Å². The molecule has 0 saturated carbocycles. The van der Waals surface area contributed by atoms with Gasteiger partial charge < -0.3 is 19.5 Å². The molecule has 0 unspecified atom stereocenters. The lowest BCUT2D eigenvalue weighted by atomic mass is 9.99. The van der Waals surface area contributed by atoms with Gasteiger partial charge in [-0.1, -0.05) is 55.8 Å². The quantitative estimate of drug-likeness (QED) is 0.374. The first-order valence-electron chi connectivity index (χ1n) is 10.9. The number of carboxylic acid groups (broad SMARTS) is 1. The van der Waals surface area contributed by atoms with Crippen LogP contribution in [-0.4, -0.2) is 41.9 Å². The number of aromatic nitrogens is 4. The maximum absolute atomic E-state index is 11.6. The number of aromatic carboxylic acids is 1. The van der Waals surface area contributed by atoms with Crippen molar-refractivity contribution in [1.29, 1.82) is 0 Å². The molecule has 0 saturated heterocycles. The lowest BCUT2D eigenvalue weighted by molar-refractivity contribution is -0.132. The van der Waals surface area contributed by atoms with Crippen LogP contribution in [0.15, 0.2) is 48.5 Å². The molecule has 4 aromatic rings. The fourth-order valence-electron chi connectivity index (χ4n) is 3.86. The topological polar surface area (TPSA) is 127 Å². The third-order valence-corrected chi connectivity index (χ3v) is 5.45. The molecular weight excluding hydrogens is 436 g/mol. The number of aryl methyl sites for hydroxylation is 1. The summed E-state index contributed by atoms with van der Waals surface area (Å²) >= 11 is 0. The molecule has 34 heavy (non-hydrogen) atoms. The highest BCUT2D eigenvalue weighted by molar-refractivity contribution is 5.96. The lowest BCUT2D eigenvalue weighted by Gasteiger charge is -2.11. The fraction of sp³-hybridized carbons (Fsp3) is 0.240. The van der Waals surface area contributed by atoms with E-state index in [4.69, 9.17) is 4.74 Å². The summed E-state index contributed by atoms with van der Waals surface area (Å²) in [6, 6.07) is 14.4. The summed E-state index contributed by atoms with van der Waals surface area (Å²) in [5, 5.41) is 27.5. The highest BCUT2D eigenvalue weighted by Gasteiger charge is 2.21. The van der Waals surface area contributed by atoms with E-state index in [9.17, 15) is 19.8 Å². The number of carboxylic acids is 1. The van der Waals surface area contributed by atoms with Gasteiger partial charge in [-0.15, -0.1) is 10.2 Å². The van der Waals surface area contributed by atoms with Crippen molar-refractivity contribution in [2.75, 3.05) is 0 Å². The smallest absolute Gasteiger partial charge is 0.336 e. The largest absolute Gasteiger partial charge is 0.491 e. The Morgan fingerprint density at radius 1 is 1.06 bits per heavy atom. The van der Waals surface area contributed by atoms with Gasteiger partial charge in [0.25, 0.3) is 11.8 Å². The molecule has 2 aromatic heterocycles. The van der Waals surface area contributed by atoms with Gasteiger partial charge in [0, 0.05) is 19.9 Å². The number of rotatable bonds is 8. The molecular formula is C25H24N4O5. The molecule has 0 aliphatic carbocycles. The molecule has 2 N–H and O–H groups in total. The number of carbonyl (C=O) groups excluding carboxylic acids is 1. The van der Waals surface area contributed by atoms with Crippen LogP contribution in [0.25, 0.3) is 22.2 Å². The van der Waals surface area contributed by atoms with Crippen molar-refractivity contribution in [3.05, 3.63) is 65.5 Å². The first kappa shape index (κ1) is 22.9. The molecule has 0 aliphatic rings. The predicted molar refractivity (Wildman–Crippen MR) is 125 cm³/mol. The summed E-state index contributed by atoms with van der Waals surface area (Å²) in [7, 11) is 0. The van der Waals surface area contributed by atoms with Gasteiger partial charge in [0.15, 0.2) is 5.52 Å². The van der Waals surface area contributed by atoms with Crippen LogP contribution in [0.3, 0.4) is 0 Å². The van der Waals surface area contributed by atoms with E-state index in [1.165, 1.54) is 6.92 Å². The minimum atomic E-state index is -0.981. The second kappa shape index (κ2) is 9.70. The van der Waals surface area contributed by atoms with Crippen LogP contribution < -0.4 is 4.74 Å². The Balaban J connectivity index is 1.74. The number of imidazole rings is 1. The summed E-state index contributed by atoms with van der Waals surface area (Å²) in [6.07, 6.45) is 2.51. The van der Waals surface area contributed by atoms with E-state index < -0.39 is 11.9 Å². The van der Waals surface area contributed by atoms with Crippen molar-refractivity contribution in [3.63, 3.8) is 0 Å². The molecule has 0 atom stereocenters. The number of benzene rings is 2. The van der Waals surface area contributed by atoms with Crippen LogP contribution >= 0.6 is 0 Å². The molecule has 9 nitrogen and oxygen atoms in total. The molecule has 0 aliphatic heterocycles. The molecule has 0 amide bonds. The Kier molecular flexibility index (Phi) is 6.53. The number of fused-ring (bicyclic) bond motifs is 1. The summed E-state index contributed by atoms with van der Waals surface area (Å²) in [5.41, 5.74) is 3.20. The van der Waals surface area contributed by atoms with Gasteiger partial charge in [0.05, 0.1) is 5.56 Å². The molecule has 9 heteroatoms. The third kappa shape index (κ3) is 4.59. The van der Waals surface area contributed by atoms with Crippen LogP contribution in [-0.2, 0) is 17.8 Å². The van der Waals surface area contributed by atoms with E-state index in [0.717, 1.165) is 29.8 Å². The van der Waals surface area contributed by atoms with Crippen LogP contribution in [0.5, 0.6) is 11.8 Å².